The van der Waals surface area contributed by atoms with Gasteiger partial charge in [0.15, 0.2) is 22.6 Å². The summed E-state index contributed by atoms with van der Waals surface area (Å²) >= 11 is 0. The molecule has 0 bridgehead atoms. The molecule has 1 spiro atoms. The second-order valence-corrected chi connectivity index (χ2v) is 10.1. The van der Waals surface area contributed by atoms with Crippen molar-refractivity contribution >= 4 is 28.5 Å². The van der Waals surface area contributed by atoms with Gasteiger partial charge in [-0.3, -0.25) is 4.79 Å². The number of hydrogen-bond acceptors (Lipinski definition) is 8. The lowest BCUT2D eigenvalue weighted by molar-refractivity contribution is -0.157. The molecule has 7 rings (SSSR count). The number of furan rings is 1. The molecule has 6 heterocycles. The molecule has 5 aromatic rings. The predicted octanol–water partition coefficient (Wildman–Crippen LogP) is 2.72. The van der Waals surface area contributed by atoms with Gasteiger partial charge in [-0.05, 0) is 37.5 Å². The monoisotopic (exact) mass is 498 g/mol. The molecule has 1 amide bonds. The van der Waals surface area contributed by atoms with Crippen LogP contribution in [0.2, 0.25) is 0 Å². The van der Waals surface area contributed by atoms with E-state index in [1.54, 1.807) is 29.3 Å². The van der Waals surface area contributed by atoms with Crippen LogP contribution < -0.4 is 5.73 Å². The number of hydrogen-bond donors (Lipinski definition) is 1. The predicted molar refractivity (Wildman–Crippen MR) is 134 cm³/mol. The molecule has 11 nitrogen and oxygen atoms in total. The molecule has 1 aromatic carbocycles. The van der Waals surface area contributed by atoms with Crippen molar-refractivity contribution in [3.8, 4) is 11.6 Å². The summed E-state index contributed by atoms with van der Waals surface area (Å²) in [6, 6.07) is 13.2. The highest BCUT2D eigenvalue weighted by molar-refractivity contribution is 5.94. The Morgan fingerprint density at radius 1 is 1.05 bits per heavy atom. The maximum Gasteiger partial charge on any atom is 0.254 e. The van der Waals surface area contributed by atoms with E-state index in [0.717, 1.165) is 31.6 Å². The van der Waals surface area contributed by atoms with Crippen molar-refractivity contribution in [1.82, 2.24) is 34.3 Å². The molecule has 11 heteroatoms. The number of aromatic nitrogens is 6. The minimum atomic E-state index is -1.15. The highest BCUT2D eigenvalue weighted by Gasteiger charge is 2.47. The molecule has 2 fully saturated rings. The van der Waals surface area contributed by atoms with Crippen molar-refractivity contribution in [3.63, 3.8) is 0 Å². The molecule has 0 aliphatic carbocycles. The fraction of sp³-hybridized carbons (Fsp3) is 0.346. The van der Waals surface area contributed by atoms with E-state index in [4.69, 9.17) is 20.0 Å². The first-order valence-electron chi connectivity index (χ1n) is 12.4. The second kappa shape index (κ2) is 7.87. The van der Waals surface area contributed by atoms with Crippen molar-refractivity contribution in [2.75, 3.05) is 32.0 Å². The van der Waals surface area contributed by atoms with E-state index >= 15 is 0 Å². The van der Waals surface area contributed by atoms with E-state index in [1.165, 1.54) is 4.52 Å². The van der Waals surface area contributed by atoms with Gasteiger partial charge in [0.25, 0.3) is 5.91 Å². The van der Waals surface area contributed by atoms with Crippen LogP contribution in [-0.4, -0.2) is 66.5 Å². The molecule has 0 saturated carbocycles. The van der Waals surface area contributed by atoms with Gasteiger partial charge in [0.2, 0.25) is 11.8 Å². The number of anilines is 1. The number of amides is 1. The van der Waals surface area contributed by atoms with Crippen LogP contribution in [0.25, 0.3) is 28.3 Å². The smallest absolute Gasteiger partial charge is 0.254 e. The van der Waals surface area contributed by atoms with Crippen molar-refractivity contribution in [3.05, 3.63) is 60.5 Å². The highest BCUT2D eigenvalue weighted by atomic mass is 16.5. The molecule has 2 aliphatic rings. The number of nitrogens with zero attached hydrogens (tertiary/aromatic N) is 7. The SMILES string of the molecule is CC(C(=O)N1CCC2(CC1)COC2)(c1ccccc1)n1ncc2c1nc(N)n1nc(-c3ccco3)nc21. The Labute approximate surface area is 211 Å². The molecule has 1 unspecified atom stereocenters. The van der Waals surface area contributed by atoms with E-state index in [0.29, 0.717) is 41.4 Å². The normalized spacial score (nSPS) is 18.8. The minimum Gasteiger partial charge on any atom is -0.461 e. The van der Waals surface area contributed by atoms with Gasteiger partial charge in [0.1, 0.15) is 0 Å². The second-order valence-electron chi connectivity index (χ2n) is 10.1. The fourth-order valence-corrected chi connectivity index (χ4v) is 5.52. The number of rotatable bonds is 4. The topological polar surface area (TPSA) is 130 Å². The summed E-state index contributed by atoms with van der Waals surface area (Å²) in [6.07, 6.45) is 5.10. The summed E-state index contributed by atoms with van der Waals surface area (Å²) in [7, 11) is 0. The van der Waals surface area contributed by atoms with Crippen LogP contribution in [0.15, 0.2) is 59.3 Å². The van der Waals surface area contributed by atoms with Crippen LogP contribution >= 0.6 is 0 Å². The van der Waals surface area contributed by atoms with Gasteiger partial charge in [-0.15, -0.1) is 5.10 Å². The summed E-state index contributed by atoms with van der Waals surface area (Å²) in [5.41, 5.74) is 7.18. The summed E-state index contributed by atoms with van der Waals surface area (Å²) < 4.78 is 14.1. The van der Waals surface area contributed by atoms with Crippen molar-refractivity contribution < 1.29 is 13.9 Å². The quantitative estimate of drug-likeness (QED) is 0.400. The lowest BCUT2D eigenvalue weighted by atomic mass is 9.76. The number of fused-ring (bicyclic) bond motifs is 3. The van der Waals surface area contributed by atoms with Crippen LogP contribution in [0.1, 0.15) is 25.3 Å². The standard InChI is InChI=1S/C26H26N8O3/c1-25(17-6-3-2-4-7-17,23(35)32-11-9-26(10-12-32)15-36-16-26)34-22-18(14-28-34)21-29-20(19-8-5-13-37-19)31-33(21)24(27)30-22/h2-8,13-14H,9-12,15-16H2,1H3,(H2,27,30). The molecule has 2 aliphatic heterocycles. The Bertz CT molecular complexity index is 1610. The van der Waals surface area contributed by atoms with Crippen molar-refractivity contribution in [2.45, 2.75) is 25.3 Å². The number of benzene rings is 1. The zero-order valence-electron chi connectivity index (χ0n) is 20.4. The zero-order valence-corrected chi connectivity index (χ0v) is 20.4. The average Bonchev–Trinajstić information content (AvgIpc) is 3.67. The minimum absolute atomic E-state index is 0.0308. The van der Waals surface area contributed by atoms with Crippen LogP contribution in [0.5, 0.6) is 0 Å². The third-order valence-electron chi connectivity index (χ3n) is 7.87. The van der Waals surface area contributed by atoms with Crippen LogP contribution in [0.4, 0.5) is 5.95 Å². The number of ether oxygens (including phenoxy) is 1. The van der Waals surface area contributed by atoms with Crippen LogP contribution in [0, 0.1) is 5.41 Å². The Morgan fingerprint density at radius 3 is 2.51 bits per heavy atom. The first-order valence-corrected chi connectivity index (χ1v) is 12.4. The van der Waals surface area contributed by atoms with Crippen LogP contribution in [-0.2, 0) is 15.1 Å². The maximum atomic E-state index is 14.3. The zero-order chi connectivity index (χ0) is 25.2. The number of likely N-dealkylation sites (tertiary alicyclic amines) is 1. The number of nitrogen functional groups attached to an aromatic ring is 1. The number of carbonyl (C=O) groups is 1. The van der Waals surface area contributed by atoms with Gasteiger partial charge in [-0.25, -0.2) is 9.67 Å². The van der Waals surface area contributed by atoms with Gasteiger partial charge in [-0.2, -0.15) is 14.6 Å². The van der Waals surface area contributed by atoms with E-state index in [2.05, 4.69) is 15.1 Å². The Hall–Kier alpha value is -4.25. The van der Waals surface area contributed by atoms with Gasteiger partial charge in [0.05, 0.1) is 31.1 Å². The van der Waals surface area contributed by atoms with Crippen LogP contribution in [0.3, 0.4) is 0 Å². The third kappa shape index (κ3) is 3.20. The van der Waals surface area contributed by atoms with Gasteiger partial charge < -0.3 is 19.8 Å². The van der Waals surface area contributed by atoms with Crippen molar-refractivity contribution in [1.29, 1.82) is 0 Å². The molecule has 0 radical (unpaired) electrons. The molecule has 37 heavy (non-hydrogen) atoms. The Balaban J connectivity index is 1.36. The number of piperidine rings is 1. The van der Waals surface area contributed by atoms with Gasteiger partial charge in [-0.1, -0.05) is 30.3 Å². The number of carbonyl (C=O) groups excluding carboxylic acids is 1. The molecule has 1 atom stereocenters. The Kier molecular flexibility index (Phi) is 4.68. The summed E-state index contributed by atoms with van der Waals surface area (Å²) in [4.78, 5) is 25.6. The lowest BCUT2D eigenvalue weighted by Gasteiger charge is -2.48. The van der Waals surface area contributed by atoms with Gasteiger partial charge >= 0.3 is 0 Å². The summed E-state index contributed by atoms with van der Waals surface area (Å²) in [5.74, 6) is 1.02. The summed E-state index contributed by atoms with van der Waals surface area (Å²) in [5, 5.41) is 9.82. The van der Waals surface area contributed by atoms with E-state index in [9.17, 15) is 4.79 Å². The number of nitrogens with two attached hydrogens (primary N) is 1. The lowest BCUT2D eigenvalue weighted by Crippen LogP contribution is -2.56. The average molecular weight is 499 g/mol. The molecule has 4 aromatic heterocycles. The van der Waals surface area contributed by atoms with E-state index in [1.807, 2.05) is 42.2 Å². The maximum absolute atomic E-state index is 14.3. The third-order valence-corrected chi connectivity index (χ3v) is 7.87. The molecular weight excluding hydrogens is 472 g/mol. The highest BCUT2D eigenvalue weighted by Crippen LogP contribution is 2.40. The molecular formula is C26H26N8O3. The Morgan fingerprint density at radius 2 is 1.84 bits per heavy atom. The van der Waals surface area contributed by atoms with E-state index in [-0.39, 0.29) is 17.3 Å². The molecule has 188 valence electrons. The van der Waals surface area contributed by atoms with Crippen molar-refractivity contribution in [2.24, 2.45) is 5.41 Å². The van der Waals surface area contributed by atoms with E-state index < -0.39 is 5.54 Å². The fourth-order valence-electron chi connectivity index (χ4n) is 5.52. The largest absolute Gasteiger partial charge is 0.461 e. The van der Waals surface area contributed by atoms with Gasteiger partial charge in [0, 0.05) is 18.5 Å². The summed E-state index contributed by atoms with van der Waals surface area (Å²) in [6.45, 7) is 4.83. The molecule has 2 saturated heterocycles. The molecule has 2 N–H and O–H groups in total. The first-order chi connectivity index (χ1) is 18.0. The first kappa shape index (κ1) is 22.0.